The van der Waals surface area contributed by atoms with Crippen LogP contribution < -0.4 is 10.6 Å². The third kappa shape index (κ3) is 4.09. The number of aromatic amines is 1. The molecule has 0 aliphatic heterocycles. The van der Waals surface area contributed by atoms with Gasteiger partial charge in [-0.2, -0.15) is 13.2 Å². The number of carbonyl (C=O) groups is 1. The van der Waals surface area contributed by atoms with Gasteiger partial charge in [-0.15, -0.1) is 0 Å². The first kappa shape index (κ1) is 19.9. The molecule has 8 nitrogen and oxygen atoms in total. The van der Waals surface area contributed by atoms with Crippen LogP contribution in [0.2, 0.25) is 0 Å². The third-order valence-electron chi connectivity index (χ3n) is 4.91. The van der Waals surface area contributed by atoms with Crippen LogP contribution in [-0.4, -0.2) is 30.8 Å². The molecule has 1 aliphatic rings. The summed E-state index contributed by atoms with van der Waals surface area (Å²) in [6.45, 7) is 0. The first-order chi connectivity index (χ1) is 15.4. The number of hydrogen-bond donors (Lipinski definition) is 3. The summed E-state index contributed by atoms with van der Waals surface area (Å²) in [7, 11) is 0. The molecular formula is C21H16F3N7O. The second-order valence-electron chi connectivity index (χ2n) is 7.36. The molecule has 0 aromatic carbocycles. The number of nitrogens with one attached hydrogen (secondary N) is 3. The van der Waals surface area contributed by atoms with Crippen molar-refractivity contribution in [1.29, 1.82) is 0 Å². The monoisotopic (exact) mass is 439 g/mol. The van der Waals surface area contributed by atoms with Gasteiger partial charge in [0.1, 0.15) is 28.7 Å². The van der Waals surface area contributed by atoms with E-state index in [2.05, 4.69) is 35.6 Å². The summed E-state index contributed by atoms with van der Waals surface area (Å²) in [4.78, 5) is 31.5. The molecule has 0 spiro atoms. The Morgan fingerprint density at radius 2 is 1.94 bits per heavy atom. The summed E-state index contributed by atoms with van der Waals surface area (Å²) < 4.78 is 39.2. The lowest BCUT2D eigenvalue weighted by Crippen LogP contribution is -2.14. The summed E-state index contributed by atoms with van der Waals surface area (Å²) in [5, 5.41) is 6.55. The van der Waals surface area contributed by atoms with Gasteiger partial charge in [-0.25, -0.2) is 19.9 Å². The van der Waals surface area contributed by atoms with Crippen LogP contribution in [0.25, 0.3) is 22.6 Å². The first-order valence-electron chi connectivity index (χ1n) is 9.80. The third-order valence-corrected chi connectivity index (χ3v) is 4.91. The second kappa shape index (κ2) is 7.59. The van der Waals surface area contributed by atoms with Crippen molar-refractivity contribution >= 4 is 34.3 Å². The lowest BCUT2D eigenvalue weighted by Gasteiger charge is -2.11. The summed E-state index contributed by atoms with van der Waals surface area (Å²) in [6, 6.07) is 8.67. The van der Waals surface area contributed by atoms with Gasteiger partial charge in [-0.1, -0.05) is 6.07 Å². The minimum Gasteiger partial charge on any atom is -0.346 e. The molecular weight excluding hydrogens is 423 g/mol. The van der Waals surface area contributed by atoms with Gasteiger partial charge >= 0.3 is 6.18 Å². The number of halogens is 3. The SMILES string of the molecule is O=C(Nc1cc(Nc2nc(-c3cccc(C(F)(F)F)n3)nc3[nH]ccc23)ccn1)C1CC1. The normalized spacial score (nSPS) is 13.8. The van der Waals surface area contributed by atoms with E-state index in [1.54, 1.807) is 24.4 Å². The second-order valence-corrected chi connectivity index (χ2v) is 7.36. The first-order valence-corrected chi connectivity index (χ1v) is 9.80. The molecule has 4 heterocycles. The molecule has 0 bridgehead atoms. The maximum absolute atomic E-state index is 13.1. The minimum absolute atomic E-state index is 0.00788. The Morgan fingerprint density at radius 3 is 2.72 bits per heavy atom. The van der Waals surface area contributed by atoms with Gasteiger partial charge in [-0.3, -0.25) is 4.79 Å². The molecule has 32 heavy (non-hydrogen) atoms. The highest BCUT2D eigenvalue weighted by molar-refractivity contribution is 5.94. The van der Waals surface area contributed by atoms with Crippen molar-refractivity contribution in [3.63, 3.8) is 0 Å². The fourth-order valence-corrected chi connectivity index (χ4v) is 3.16. The molecule has 3 N–H and O–H groups in total. The van der Waals surface area contributed by atoms with Crippen LogP contribution in [0.1, 0.15) is 18.5 Å². The summed E-state index contributed by atoms with van der Waals surface area (Å²) in [5.41, 5.74) is -0.000336. The Kier molecular flexibility index (Phi) is 4.72. The fourth-order valence-electron chi connectivity index (χ4n) is 3.16. The standard InChI is InChI=1S/C21H16F3N7O/c22-21(23,24)15-3-1-2-14(28-15)19-30-17-13(7-9-26-17)18(31-19)27-12-6-8-25-16(10-12)29-20(32)11-4-5-11/h1-3,6-11H,4-5H2,(H3,25,26,27,29,30,31,32). The number of rotatable bonds is 5. The number of pyridine rings is 2. The number of H-pyrrole nitrogens is 1. The van der Waals surface area contributed by atoms with Crippen LogP contribution in [0.4, 0.5) is 30.5 Å². The topological polar surface area (TPSA) is 108 Å². The van der Waals surface area contributed by atoms with E-state index in [1.165, 1.54) is 18.3 Å². The zero-order valence-electron chi connectivity index (χ0n) is 16.4. The zero-order chi connectivity index (χ0) is 22.3. The summed E-state index contributed by atoms with van der Waals surface area (Å²) in [6.07, 6.45) is 0.369. The Hall–Kier alpha value is -4.02. The zero-order valence-corrected chi connectivity index (χ0v) is 16.4. The van der Waals surface area contributed by atoms with E-state index < -0.39 is 11.9 Å². The van der Waals surface area contributed by atoms with Gasteiger partial charge < -0.3 is 15.6 Å². The van der Waals surface area contributed by atoms with Gasteiger partial charge in [0, 0.05) is 30.1 Å². The number of anilines is 3. The number of fused-ring (bicyclic) bond motifs is 1. The molecule has 4 aromatic heterocycles. The number of aromatic nitrogens is 5. The predicted molar refractivity (Wildman–Crippen MR) is 111 cm³/mol. The number of carbonyl (C=O) groups excluding carboxylic acids is 1. The maximum Gasteiger partial charge on any atom is 0.433 e. The molecule has 5 rings (SSSR count). The number of nitrogens with zero attached hydrogens (tertiary/aromatic N) is 4. The lowest BCUT2D eigenvalue weighted by molar-refractivity contribution is -0.141. The Labute approximate surface area is 179 Å². The van der Waals surface area contributed by atoms with Gasteiger partial charge in [0.05, 0.1) is 5.39 Å². The smallest absolute Gasteiger partial charge is 0.346 e. The molecule has 1 fully saturated rings. The van der Waals surface area contributed by atoms with Crippen molar-refractivity contribution in [2.75, 3.05) is 10.6 Å². The van der Waals surface area contributed by atoms with Gasteiger partial charge in [-0.05, 0) is 37.1 Å². The molecule has 162 valence electrons. The summed E-state index contributed by atoms with van der Waals surface area (Å²) in [5.74, 6) is 0.770. The minimum atomic E-state index is -4.58. The van der Waals surface area contributed by atoms with Gasteiger partial charge in [0.25, 0.3) is 0 Å². The van der Waals surface area contributed by atoms with Gasteiger partial charge in [0.2, 0.25) is 5.91 Å². The average Bonchev–Trinajstić information content (AvgIpc) is 3.51. The average molecular weight is 439 g/mol. The number of amides is 1. The van der Waals surface area contributed by atoms with E-state index in [-0.39, 0.29) is 23.3 Å². The van der Waals surface area contributed by atoms with Gasteiger partial charge in [0.15, 0.2) is 5.82 Å². The molecule has 0 atom stereocenters. The van der Waals surface area contributed by atoms with Crippen LogP contribution in [-0.2, 0) is 11.0 Å². The Balaban J connectivity index is 1.49. The van der Waals surface area contributed by atoms with Crippen molar-refractivity contribution in [3.05, 3.63) is 54.5 Å². The van der Waals surface area contributed by atoms with Crippen molar-refractivity contribution < 1.29 is 18.0 Å². The van der Waals surface area contributed by atoms with Crippen molar-refractivity contribution in [2.24, 2.45) is 5.92 Å². The molecule has 11 heteroatoms. The van der Waals surface area contributed by atoms with Crippen molar-refractivity contribution in [2.45, 2.75) is 19.0 Å². The largest absolute Gasteiger partial charge is 0.433 e. The van der Waals surface area contributed by atoms with Crippen LogP contribution in [0.15, 0.2) is 48.8 Å². The van der Waals surface area contributed by atoms with E-state index in [0.717, 1.165) is 18.9 Å². The molecule has 0 unspecified atom stereocenters. The fraction of sp³-hybridized carbons (Fsp3) is 0.190. The van der Waals surface area contributed by atoms with Crippen molar-refractivity contribution in [1.82, 2.24) is 24.9 Å². The van der Waals surface area contributed by atoms with E-state index in [9.17, 15) is 18.0 Å². The molecule has 1 saturated carbocycles. The quantitative estimate of drug-likeness (QED) is 0.422. The predicted octanol–water partition coefficient (Wildman–Crippen LogP) is 4.53. The van der Waals surface area contributed by atoms with Crippen LogP contribution in [0, 0.1) is 5.92 Å². The van der Waals surface area contributed by atoms with E-state index in [4.69, 9.17) is 0 Å². The highest BCUT2D eigenvalue weighted by atomic mass is 19.4. The molecule has 0 saturated heterocycles. The Morgan fingerprint density at radius 1 is 1.09 bits per heavy atom. The van der Waals surface area contributed by atoms with E-state index >= 15 is 0 Å². The number of hydrogen-bond acceptors (Lipinski definition) is 6. The van der Waals surface area contributed by atoms with Crippen LogP contribution in [0.5, 0.6) is 0 Å². The highest BCUT2D eigenvalue weighted by Crippen LogP contribution is 2.32. The molecule has 0 radical (unpaired) electrons. The van der Waals surface area contributed by atoms with E-state index in [0.29, 0.717) is 28.4 Å². The van der Waals surface area contributed by atoms with E-state index in [1.807, 2.05) is 0 Å². The lowest BCUT2D eigenvalue weighted by atomic mass is 10.2. The van der Waals surface area contributed by atoms with Crippen LogP contribution in [0.3, 0.4) is 0 Å². The molecule has 4 aromatic rings. The Bertz CT molecular complexity index is 1310. The molecule has 1 amide bonds. The molecule has 1 aliphatic carbocycles. The van der Waals surface area contributed by atoms with Crippen molar-refractivity contribution in [3.8, 4) is 11.5 Å². The highest BCUT2D eigenvalue weighted by Gasteiger charge is 2.33. The maximum atomic E-state index is 13.1. The van der Waals surface area contributed by atoms with Crippen LogP contribution >= 0.6 is 0 Å². The summed E-state index contributed by atoms with van der Waals surface area (Å²) >= 11 is 0. The number of alkyl halides is 3.